The van der Waals surface area contributed by atoms with Crippen LogP contribution in [-0.4, -0.2) is 28.0 Å². The van der Waals surface area contributed by atoms with Crippen molar-refractivity contribution in [2.45, 2.75) is 38.8 Å². The standard InChI is InChI=1S/C11H22N4O/c1-11(2,3)16-8-10(14-12)5-9-6-13-15(4)7-9/h6-7,10,14H,5,8,12H2,1-4H3. The number of aromatic nitrogens is 2. The molecule has 0 radical (unpaired) electrons. The monoisotopic (exact) mass is 226 g/mol. The molecule has 1 unspecified atom stereocenters. The Bertz CT molecular complexity index is 316. The lowest BCUT2D eigenvalue weighted by Gasteiger charge is -2.23. The summed E-state index contributed by atoms with van der Waals surface area (Å²) in [6.07, 6.45) is 4.66. The molecule has 5 heteroatoms. The molecular weight excluding hydrogens is 204 g/mol. The van der Waals surface area contributed by atoms with Crippen molar-refractivity contribution in [3.05, 3.63) is 18.0 Å². The Labute approximate surface area is 96.9 Å². The molecule has 0 aliphatic heterocycles. The quantitative estimate of drug-likeness (QED) is 0.570. The van der Waals surface area contributed by atoms with Crippen LogP contribution >= 0.6 is 0 Å². The van der Waals surface area contributed by atoms with E-state index in [4.69, 9.17) is 10.6 Å². The summed E-state index contributed by atoms with van der Waals surface area (Å²) in [4.78, 5) is 0. The summed E-state index contributed by atoms with van der Waals surface area (Å²) in [7, 11) is 1.90. The largest absolute Gasteiger partial charge is 0.374 e. The van der Waals surface area contributed by atoms with E-state index in [1.54, 1.807) is 4.68 Å². The molecule has 1 rings (SSSR count). The van der Waals surface area contributed by atoms with Crippen molar-refractivity contribution < 1.29 is 4.74 Å². The van der Waals surface area contributed by atoms with E-state index < -0.39 is 0 Å². The third kappa shape index (κ3) is 4.74. The first-order valence-corrected chi connectivity index (χ1v) is 5.48. The summed E-state index contributed by atoms with van der Waals surface area (Å²) in [6.45, 7) is 6.69. The van der Waals surface area contributed by atoms with Crippen LogP contribution in [0.15, 0.2) is 12.4 Å². The summed E-state index contributed by atoms with van der Waals surface area (Å²) in [5.41, 5.74) is 3.79. The van der Waals surface area contributed by atoms with Crippen LogP contribution in [0.4, 0.5) is 0 Å². The number of ether oxygens (including phenoxy) is 1. The van der Waals surface area contributed by atoms with Gasteiger partial charge in [0, 0.05) is 19.3 Å². The van der Waals surface area contributed by atoms with Crippen molar-refractivity contribution in [3.63, 3.8) is 0 Å². The van der Waals surface area contributed by atoms with Crippen LogP contribution < -0.4 is 11.3 Å². The van der Waals surface area contributed by atoms with Gasteiger partial charge in [-0.05, 0) is 32.8 Å². The fourth-order valence-corrected chi connectivity index (χ4v) is 1.38. The first-order valence-electron chi connectivity index (χ1n) is 5.48. The molecule has 1 aromatic heterocycles. The molecule has 0 aliphatic carbocycles. The number of hydrogen-bond donors (Lipinski definition) is 2. The Balaban J connectivity index is 2.43. The zero-order valence-corrected chi connectivity index (χ0v) is 10.5. The molecule has 92 valence electrons. The van der Waals surface area contributed by atoms with Crippen molar-refractivity contribution in [2.75, 3.05) is 6.61 Å². The summed E-state index contributed by atoms with van der Waals surface area (Å²) in [6, 6.07) is 0.114. The molecule has 0 aromatic carbocycles. The van der Waals surface area contributed by atoms with Crippen LogP contribution in [0.3, 0.4) is 0 Å². The van der Waals surface area contributed by atoms with Gasteiger partial charge in [-0.2, -0.15) is 5.10 Å². The highest BCUT2D eigenvalue weighted by Crippen LogP contribution is 2.09. The Kier molecular flexibility index (Phi) is 4.46. The number of nitrogens with two attached hydrogens (primary N) is 1. The van der Waals surface area contributed by atoms with Crippen LogP contribution in [0.2, 0.25) is 0 Å². The molecule has 0 aliphatic rings. The minimum absolute atomic E-state index is 0.114. The fraction of sp³-hybridized carbons (Fsp3) is 0.727. The first-order chi connectivity index (χ1) is 7.40. The van der Waals surface area contributed by atoms with Crippen LogP contribution in [0, 0.1) is 0 Å². The van der Waals surface area contributed by atoms with Crippen molar-refractivity contribution in [3.8, 4) is 0 Å². The van der Waals surface area contributed by atoms with Gasteiger partial charge in [0.1, 0.15) is 0 Å². The minimum atomic E-state index is -0.135. The van der Waals surface area contributed by atoms with E-state index in [9.17, 15) is 0 Å². The van der Waals surface area contributed by atoms with Gasteiger partial charge in [-0.1, -0.05) is 0 Å². The lowest BCUT2D eigenvalue weighted by Crippen LogP contribution is -2.42. The van der Waals surface area contributed by atoms with E-state index in [1.807, 2.05) is 40.2 Å². The summed E-state index contributed by atoms with van der Waals surface area (Å²) in [5.74, 6) is 5.50. The van der Waals surface area contributed by atoms with Crippen molar-refractivity contribution in [2.24, 2.45) is 12.9 Å². The summed E-state index contributed by atoms with van der Waals surface area (Å²) >= 11 is 0. The number of nitrogens with zero attached hydrogens (tertiary/aromatic N) is 2. The Morgan fingerprint density at radius 2 is 2.25 bits per heavy atom. The number of aryl methyl sites for hydroxylation is 1. The highest BCUT2D eigenvalue weighted by molar-refractivity contribution is 5.05. The SMILES string of the molecule is Cn1cc(CC(COC(C)(C)C)NN)cn1. The van der Waals surface area contributed by atoms with E-state index in [-0.39, 0.29) is 11.6 Å². The first kappa shape index (κ1) is 13.2. The molecule has 0 amide bonds. The molecule has 1 heterocycles. The third-order valence-electron chi connectivity index (χ3n) is 2.19. The molecule has 0 saturated heterocycles. The average Bonchev–Trinajstić information content (AvgIpc) is 2.57. The van der Waals surface area contributed by atoms with E-state index in [0.29, 0.717) is 6.61 Å². The van der Waals surface area contributed by atoms with Gasteiger partial charge >= 0.3 is 0 Å². The predicted molar refractivity (Wildman–Crippen MR) is 63.7 cm³/mol. The number of hydrogen-bond acceptors (Lipinski definition) is 4. The van der Waals surface area contributed by atoms with Gasteiger partial charge in [0.25, 0.3) is 0 Å². The third-order valence-corrected chi connectivity index (χ3v) is 2.19. The second kappa shape index (κ2) is 5.43. The smallest absolute Gasteiger partial charge is 0.0643 e. The second-order valence-corrected chi connectivity index (χ2v) is 5.01. The number of nitrogens with one attached hydrogen (secondary N) is 1. The Morgan fingerprint density at radius 3 is 2.69 bits per heavy atom. The predicted octanol–water partition coefficient (Wildman–Crippen LogP) is 0.610. The minimum Gasteiger partial charge on any atom is -0.374 e. The molecule has 0 saturated carbocycles. The van der Waals surface area contributed by atoms with E-state index in [2.05, 4.69) is 10.5 Å². The lowest BCUT2D eigenvalue weighted by atomic mass is 10.1. The molecule has 1 aromatic rings. The molecule has 5 nitrogen and oxygen atoms in total. The zero-order chi connectivity index (χ0) is 12.2. The Hall–Kier alpha value is -0.910. The van der Waals surface area contributed by atoms with Gasteiger partial charge < -0.3 is 4.74 Å². The van der Waals surface area contributed by atoms with E-state index in [1.165, 1.54) is 0 Å². The van der Waals surface area contributed by atoms with Gasteiger partial charge in [-0.25, -0.2) is 0 Å². The highest BCUT2D eigenvalue weighted by Gasteiger charge is 2.15. The maximum Gasteiger partial charge on any atom is 0.0643 e. The molecule has 16 heavy (non-hydrogen) atoms. The van der Waals surface area contributed by atoms with Gasteiger partial charge in [0.15, 0.2) is 0 Å². The van der Waals surface area contributed by atoms with E-state index in [0.717, 1.165) is 12.0 Å². The maximum absolute atomic E-state index is 5.69. The summed E-state index contributed by atoms with van der Waals surface area (Å²) < 4.78 is 7.48. The van der Waals surface area contributed by atoms with Gasteiger partial charge in [0.05, 0.1) is 18.4 Å². The van der Waals surface area contributed by atoms with Crippen molar-refractivity contribution in [1.82, 2.24) is 15.2 Å². The fourth-order valence-electron chi connectivity index (χ4n) is 1.38. The molecule has 0 bridgehead atoms. The lowest BCUT2D eigenvalue weighted by molar-refractivity contribution is -0.0143. The molecule has 0 fully saturated rings. The van der Waals surface area contributed by atoms with Crippen molar-refractivity contribution >= 4 is 0 Å². The van der Waals surface area contributed by atoms with Gasteiger partial charge in [-0.3, -0.25) is 16.0 Å². The van der Waals surface area contributed by atoms with Gasteiger partial charge in [-0.15, -0.1) is 0 Å². The van der Waals surface area contributed by atoms with Crippen LogP contribution in [-0.2, 0) is 18.2 Å². The van der Waals surface area contributed by atoms with Crippen molar-refractivity contribution in [1.29, 1.82) is 0 Å². The zero-order valence-electron chi connectivity index (χ0n) is 10.5. The number of rotatable bonds is 5. The number of hydrazine groups is 1. The van der Waals surface area contributed by atoms with Crippen LogP contribution in [0.1, 0.15) is 26.3 Å². The molecule has 1 atom stereocenters. The molecular formula is C11H22N4O. The second-order valence-electron chi connectivity index (χ2n) is 5.01. The van der Waals surface area contributed by atoms with Crippen LogP contribution in [0.25, 0.3) is 0 Å². The van der Waals surface area contributed by atoms with Crippen LogP contribution in [0.5, 0.6) is 0 Å². The Morgan fingerprint density at radius 1 is 1.56 bits per heavy atom. The summed E-state index contributed by atoms with van der Waals surface area (Å²) in [5, 5.41) is 4.12. The normalized spacial score (nSPS) is 14.1. The van der Waals surface area contributed by atoms with Gasteiger partial charge in [0.2, 0.25) is 0 Å². The van der Waals surface area contributed by atoms with E-state index >= 15 is 0 Å². The molecule has 0 spiro atoms. The topological polar surface area (TPSA) is 65.1 Å². The molecule has 3 N–H and O–H groups in total. The average molecular weight is 226 g/mol. The highest BCUT2D eigenvalue weighted by atomic mass is 16.5. The maximum atomic E-state index is 5.69.